The maximum absolute atomic E-state index is 11.2. The maximum atomic E-state index is 11.2. The number of azo groups is 1. The molecule has 1 fully saturated rings. The van der Waals surface area contributed by atoms with Crippen LogP contribution >= 0.6 is 11.6 Å². The van der Waals surface area contributed by atoms with Crippen LogP contribution in [-0.4, -0.2) is 36.7 Å². The van der Waals surface area contributed by atoms with Gasteiger partial charge in [0.1, 0.15) is 4.87 Å². The summed E-state index contributed by atoms with van der Waals surface area (Å²) in [5.74, 6) is -0.210. The number of rotatable bonds is 1. The molecule has 0 aromatic heterocycles. The lowest BCUT2D eigenvalue weighted by Crippen LogP contribution is -2.44. The molecule has 66 valence electrons. The van der Waals surface area contributed by atoms with Crippen LogP contribution in [0, 0.1) is 0 Å². The van der Waals surface area contributed by atoms with Crippen molar-refractivity contribution >= 4 is 17.5 Å². The number of amides is 1. The van der Waals surface area contributed by atoms with Gasteiger partial charge in [-0.1, -0.05) is 0 Å². The molecule has 12 heavy (non-hydrogen) atoms. The Morgan fingerprint density at radius 3 is 3.25 bits per heavy atom. The highest BCUT2D eigenvalue weighted by Gasteiger charge is 2.58. The van der Waals surface area contributed by atoms with Crippen molar-refractivity contribution in [2.75, 3.05) is 13.7 Å². The highest BCUT2D eigenvalue weighted by molar-refractivity contribution is 6.28. The Balaban J connectivity index is 2.31. The number of carbonyl (C=O) groups excluding carboxylic acids is 1. The Kier molecular flexibility index (Phi) is 1.59. The van der Waals surface area contributed by atoms with Gasteiger partial charge in [-0.25, -0.2) is 0 Å². The van der Waals surface area contributed by atoms with Crippen LogP contribution in [0.15, 0.2) is 10.2 Å². The van der Waals surface area contributed by atoms with E-state index < -0.39 is 17.1 Å². The molecule has 6 heteroatoms. The lowest BCUT2D eigenvalue weighted by molar-refractivity contribution is -0.121. The Morgan fingerprint density at radius 2 is 2.58 bits per heavy atom. The summed E-state index contributed by atoms with van der Waals surface area (Å²) in [6.45, 7) is 0.330. The molecule has 1 saturated heterocycles. The minimum absolute atomic E-state index is 0.210. The highest BCUT2D eigenvalue weighted by Crippen LogP contribution is 2.37. The maximum Gasteiger partial charge on any atom is 0.250 e. The second kappa shape index (κ2) is 2.40. The van der Waals surface area contributed by atoms with Gasteiger partial charge >= 0.3 is 0 Å². The van der Waals surface area contributed by atoms with E-state index in [9.17, 15) is 4.79 Å². The third-order valence-electron chi connectivity index (χ3n) is 2.16. The third-order valence-corrected chi connectivity index (χ3v) is 2.68. The van der Waals surface area contributed by atoms with Crippen molar-refractivity contribution in [3.63, 3.8) is 0 Å². The number of nitrogens with zero attached hydrogens (tertiary/aromatic N) is 2. The van der Waals surface area contributed by atoms with Gasteiger partial charge in [0.2, 0.25) is 0 Å². The monoisotopic (exact) mass is 189 g/mol. The van der Waals surface area contributed by atoms with Crippen LogP contribution in [0.4, 0.5) is 0 Å². The van der Waals surface area contributed by atoms with Crippen molar-refractivity contribution in [1.82, 2.24) is 5.32 Å². The molecule has 0 spiro atoms. The zero-order valence-corrected chi connectivity index (χ0v) is 7.21. The van der Waals surface area contributed by atoms with Gasteiger partial charge in [-0.15, -0.1) is 11.6 Å². The van der Waals surface area contributed by atoms with Crippen LogP contribution in [-0.2, 0) is 9.53 Å². The molecule has 1 amide bonds. The van der Waals surface area contributed by atoms with Gasteiger partial charge in [0.05, 0.1) is 6.54 Å². The second-order valence-electron chi connectivity index (χ2n) is 2.87. The smallest absolute Gasteiger partial charge is 0.250 e. The van der Waals surface area contributed by atoms with Crippen LogP contribution in [0.2, 0.25) is 0 Å². The van der Waals surface area contributed by atoms with Crippen LogP contribution < -0.4 is 5.32 Å². The summed E-state index contributed by atoms with van der Waals surface area (Å²) in [5.41, 5.74) is 0. The molecule has 3 atom stereocenters. The van der Waals surface area contributed by atoms with Crippen LogP contribution in [0.5, 0.6) is 0 Å². The predicted octanol–water partition coefficient (Wildman–Crippen LogP) is -0.0993. The van der Waals surface area contributed by atoms with E-state index in [1.54, 1.807) is 0 Å². The number of hydrogen-bond acceptors (Lipinski definition) is 4. The van der Waals surface area contributed by atoms with E-state index in [2.05, 4.69) is 15.5 Å². The van der Waals surface area contributed by atoms with Gasteiger partial charge in [-0.05, 0) is 0 Å². The summed E-state index contributed by atoms with van der Waals surface area (Å²) < 4.78 is 5.01. The summed E-state index contributed by atoms with van der Waals surface area (Å²) >= 11 is 6.13. The highest BCUT2D eigenvalue weighted by atomic mass is 35.5. The molecule has 2 heterocycles. The Hall–Kier alpha value is -0.680. The first-order chi connectivity index (χ1) is 5.68. The Labute approximate surface area is 74.1 Å². The van der Waals surface area contributed by atoms with Gasteiger partial charge in [-0.3, -0.25) is 4.79 Å². The van der Waals surface area contributed by atoms with Crippen molar-refractivity contribution in [3.8, 4) is 0 Å². The fraction of sp³-hybridized carbons (Fsp3) is 0.833. The molecule has 1 N–H and O–H groups in total. The van der Waals surface area contributed by atoms with Gasteiger partial charge < -0.3 is 10.1 Å². The number of nitrogens with one attached hydrogen (secondary N) is 1. The van der Waals surface area contributed by atoms with Crippen LogP contribution in [0.3, 0.4) is 0 Å². The molecule has 5 nitrogen and oxygen atoms in total. The normalized spacial score (nSPS) is 44.7. The summed E-state index contributed by atoms with van der Waals surface area (Å²) in [6.07, 6.45) is -0.480. The molecule has 0 aliphatic carbocycles. The number of fused-ring (bicyclic) bond motifs is 1. The first-order valence-electron chi connectivity index (χ1n) is 3.57. The standard InChI is InChI=1S/C6H8ClN3O2/c1-12-5-6(7)2-8-10-3(6)4(11)9-5/h3,5H,2H2,1H3,(H,9,11)/t3-,5+,6+/m1/s1. The summed E-state index contributed by atoms with van der Waals surface area (Å²) in [5, 5.41) is 10.1. The number of alkyl halides is 1. The minimum Gasteiger partial charge on any atom is -0.360 e. The molecule has 0 radical (unpaired) electrons. The summed E-state index contributed by atoms with van der Waals surface area (Å²) in [4.78, 5) is 10.4. The molecule has 2 aliphatic rings. The second-order valence-corrected chi connectivity index (χ2v) is 3.57. The topological polar surface area (TPSA) is 63.0 Å². The summed E-state index contributed by atoms with van der Waals surface area (Å²) in [6, 6.07) is -0.580. The molecule has 0 bridgehead atoms. The van der Waals surface area contributed by atoms with Crippen molar-refractivity contribution in [2.24, 2.45) is 10.2 Å². The fourth-order valence-corrected chi connectivity index (χ4v) is 1.83. The molecular weight excluding hydrogens is 182 g/mol. The quantitative estimate of drug-likeness (QED) is 0.586. The minimum atomic E-state index is -0.800. The van der Waals surface area contributed by atoms with E-state index in [0.717, 1.165) is 0 Å². The van der Waals surface area contributed by atoms with Crippen molar-refractivity contribution in [2.45, 2.75) is 17.1 Å². The van der Waals surface area contributed by atoms with Crippen LogP contribution in [0.1, 0.15) is 0 Å². The molecule has 0 unspecified atom stereocenters. The lowest BCUT2D eigenvalue weighted by Gasteiger charge is -2.22. The van der Waals surface area contributed by atoms with Gasteiger partial charge in [0, 0.05) is 7.11 Å². The van der Waals surface area contributed by atoms with E-state index in [-0.39, 0.29) is 5.91 Å². The summed E-state index contributed by atoms with van der Waals surface area (Å²) in [7, 11) is 1.50. The number of carbonyl (C=O) groups is 1. The van der Waals surface area contributed by atoms with E-state index in [1.807, 2.05) is 0 Å². The molecule has 2 rings (SSSR count). The zero-order chi connectivity index (χ0) is 8.77. The van der Waals surface area contributed by atoms with E-state index in [0.29, 0.717) is 6.54 Å². The SMILES string of the molecule is CO[C@@H]1NC(=O)[C@H]2N=NC[C@]21Cl. The van der Waals surface area contributed by atoms with Crippen molar-refractivity contribution in [3.05, 3.63) is 0 Å². The molecular formula is C6H8ClN3O2. The fourth-order valence-electron chi connectivity index (χ4n) is 1.49. The lowest BCUT2D eigenvalue weighted by atomic mass is 10.0. The Morgan fingerprint density at radius 1 is 1.83 bits per heavy atom. The number of ether oxygens (including phenoxy) is 1. The third kappa shape index (κ3) is 0.804. The zero-order valence-electron chi connectivity index (χ0n) is 6.45. The van der Waals surface area contributed by atoms with Gasteiger partial charge in [-0.2, -0.15) is 10.2 Å². The van der Waals surface area contributed by atoms with Crippen LogP contribution in [0.25, 0.3) is 0 Å². The molecule has 0 aromatic carbocycles. The van der Waals surface area contributed by atoms with Gasteiger partial charge in [0.25, 0.3) is 5.91 Å². The molecule has 0 saturated carbocycles. The number of halogens is 1. The molecule has 2 aliphatic heterocycles. The van der Waals surface area contributed by atoms with Crippen molar-refractivity contribution in [1.29, 1.82) is 0 Å². The van der Waals surface area contributed by atoms with E-state index in [1.165, 1.54) is 7.11 Å². The average Bonchev–Trinajstić information content (AvgIpc) is 2.51. The predicted molar refractivity (Wildman–Crippen MR) is 41.0 cm³/mol. The van der Waals surface area contributed by atoms with E-state index >= 15 is 0 Å². The van der Waals surface area contributed by atoms with Crippen molar-refractivity contribution < 1.29 is 9.53 Å². The molecule has 0 aromatic rings. The number of methoxy groups -OCH3 is 1. The van der Waals surface area contributed by atoms with E-state index in [4.69, 9.17) is 16.3 Å². The van der Waals surface area contributed by atoms with Gasteiger partial charge in [0.15, 0.2) is 12.3 Å². The number of hydrogen-bond donors (Lipinski definition) is 1. The largest absolute Gasteiger partial charge is 0.360 e. The Bertz CT molecular complexity index is 257. The first kappa shape index (κ1) is 7.94. The first-order valence-corrected chi connectivity index (χ1v) is 3.95. The average molecular weight is 190 g/mol.